The minimum Gasteiger partial charge on any atom is -0.479 e. The highest BCUT2D eigenvalue weighted by Crippen LogP contribution is 2.02. The molecule has 10 heavy (non-hydrogen) atoms. The van der Waals surface area contributed by atoms with E-state index in [0.717, 1.165) is 0 Å². The summed E-state index contributed by atoms with van der Waals surface area (Å²) in [5, 5.41) is 25.6. The second-order valence-corrected chi connectivity index (χ2v) is 1.93. The van der Waals surface area contributed by atoms with Gasteiger partial charge in [-0.2, -0.15) is 0 Å². The Kier molecular flexibility index (Phi) is 3.27. The average molecular weight is 150 g/mol. The summed E-state index contributed by atoms with van der Waals surface area (Å²) in [4.78, 5) is 10.2. The van der Waals surface area contributed by atoms with Crippen LogP contribution in [0.5, 0.6) is 0 Å². The molecule has 60 valence electrons. The number of hydrogen-bond donors (Lipinski definition) is 3. The second-order valence-electron chi connectivity index (χ2n) is 1.93. The molecule has 0 spiro atoms. The summed E-state index contributed by atoms with van der Waals surface area (Å²) in [6.45, 7) is -1.27. The van der Waals surface area contributed by atoms with E-state index >= 15 is 0 Å². The molecule has 0 saturated heterocycles. The number of methoxy groups -OCH3 is 1. The molecule has 0 aliphatic rings. The predicted molar refractivity (Wildman–Crippen MR) is 31.5 cm³/mol. The Balaban J connectivity index is 4.08. The number of rotatable bonds is 4. The van der Waals surface area contributed by atoms with E-state index in [2.05, 4.69) is 4.74 Å². The normalized spacial score (nSPS) is 16.3. The van der Waals surface area contributed by atoms with E-state index in [-0.39, 0.29) is 0 Å². The zero-order valence-corrected chi connectivity index (χ0v) is 5.57. The van der Waals surface area contributed by atoms with Crippen LogP contribution in [0.15, 0.2) is 0 Å². The lowest BCUT2D eigenvalue weighted by Gasteiger charge is -2.18. The van der Waals surface area contributed by atoms with Gasteiger partial charge in [-0.1, -0.05) is 0 Å². The van der Waals surface area contributed by atoms with Crippen LogP contribution < -0.4 is 0 Å². The van der Waals surface area contributed by atoms with Crippen LogP contribution in [0.4, 0.5) is 0 Å². The van der Waals surface area contributed by atoms with Crippen molar-refractivity contribution in [2.45, 2.75) is 5.60 Å². The molecule has 0 aromatic heterocycles. The molecule has 0 bridgehead atoms. The van der Waals surface area contributed by atoms with Crippen LogP contribution in [0.1, 0.15) is 0 Å². The number of carboxylic acids is 1. The lowest BCUT2D eigenvalue weighted by molar-refractivity contribution is -0.169. The number of ether oxygens (including phenoxy) is 1. The number of aliphatic hydroxyl groups is 2. The van der Waals surface area contributed by atoms with Gasteiger partial charge in [0.1, 0.15) is 0 Å². The van der Waals surface area contributed by atoms with Crippen molar-refractivity contribution in [1.82, 2.24) is 0 Å². The summed E-state index contributed by atoms with van der Waals surface area (Å²) < 4.78 is 4.37. The Labute approximate surface area is 57.9 Å². The minimum atomic E-state index is -2.16. The topological polar surface area (TPSA) is 87.0 Å². The Hall–Kier alpha value is -0.650. The molecule has 0 amide bonds. The quantitative estimate of drug-likeness (QED) is 0.451. The van der Waals surface area contributed by atoms with Gasteiger partial charge in [0.25, 0.3) is 0 Å². The van der Waals surface area contributed by atoms with Gasteiger partial charge in [0, 0.05) is 7.11 Å². The summed E-state index contributed by atoms with van der Waals surface area (Å²) in [5.41, 5.74) is -2.16. The molecule has 3 N–H and O–H groups in total. The zero-order valence-electron chi connectivity index (χ0n) is 5.57. The fraction of sp³-hybridized carbons (Fsp3) is 0.800. The van der Waals surface area contributed by atoms with Gasteiger partial charge in [-0.3, -0.25) is 0 Å². The van der Waals surface area contributed by atoms with Crippen LogP contribution in [0.2, 0.25) is 0 Å². The zero-order chi connectivity index (χ0) is 8.20. The number of hydrogen-bond acceptors (Lipinski definition) is 4. The van der Waals surface area contributed by atoms with Crippen molar-refractivity contribution < 1.29 is 24.9 Å². The molecular formula is C5H10O5. The molecule has 0 rings (SSSR count). The molecule has 0 aliphatic carbocycles. The van der Waals surface area contributed by atoms with Gasteiger partial charge in [0.05, 0.1) is 13.2 Å². The van der Waals surface area contributed by atoms with Crippen LogP contribution >= 0.6 is 0 Å². The number of aliphatic hydroxyl groups excluding tert-OH is 1. The molecule has 0 aromatic rings. The maximum Gasteiger partial charge on any atom is 0.340 e. The molecule has 1 unspecified atom stereocenters. The van der Waals surface area contributed by atoms with E-state index in [1.54, 1.807) is 0 Å². The largest absolute Gasteiger partial charge is 0.479 e. The first kappa shape index (κ1) is 9.35. The Morgan fingerprint density at radius 2 is 2.20 bits per heavy atom. The number of carbonyl (C=O) groups is 1. The maximum absolute atomic E-state index is 10.2. The van der Waals surface area contributed by atoms with Crippen molar-refractivity contribution in [3.63, 3.8) is 0 Å². The van der Waals surface area contributed by atoms with Crippen molar-refractivity contribution in [2.75, 3.05) is 20.3 Å². The van der Waals surface area contributed by atoms with Gasteiger partial charge in [0.15, 0.2) is 0 Å². The summed E-state index contributed by atoms with van der Waals surface area (Å²) in [6, 6.07) is 0. The molecule has 0 saturated carbocycles. The van der Waals surface area contributed by atoms with Gasteiger partial charge < -0.3 is 20.1 Å². The summed E-state index contributed by atoms with van der Waals surface area (Å²) in [5.74, 6) is -1.49. The van der Waals surface area contributed by atoms with Crippen LogP contribution in [-0.4, -0.2) is 47.2 Å². The molecule has 0 radical (unpaired) electrons. The second kappa shape index (κ2) is 3.50. The first-order chi connectivity index (χ1) is 4.56. The van der Waals surface area contributed by atoms with E-state index in [9.17, 15) is 4.79 Å². The van der Waals surface area contributed by atoms with E-state index in [0.29, 0.717) is 0 Å². The summed E-state index contributed by atoms with van der Waals surface area (Å²) in [7, 11) is 1.24. The van der Waals surface area contributed by atoms with E-state index < -0.39 is 24.8 Å². The van der Waals surface area contributed by atoms with Gasteiger partial charge in [-0.05, 0) is 0 Å². The van der Waals surface area contributed by atoms with Crippen molar-refractivity contribution in [3.05, 3.63) is 0 Å². The maximum atomic E-state index is 10.2. The molecule has 1 atom stereocenters. The monoisotopic (exact) mass is 150 g/mol. The Morgan fingerprint density at radius 1 is 1.70 bits per heavy atom. The third-order valence-corrected chi connectivity index (χ3v) is 1.04. The SMILES string of the molecule is COCC(O)(CO)C(=O)O. The molecule has 0 aromatic carbocycles. The van der Waals surface area contributed by atoms with Gasteiger partial charge in [0.2, 0.25) is 5.60 Å². The lowest BCUT2D eigenvalue weighted by atomic mass is 10.1. The van der Waals surface area contributed by atoms with Crippen molar-refractivity contribution in [1.29, 1.82) is 0 Å². The summed E-state index contributed by atoms with van der Waals surface area (Å²) >= 11 is 0. The third kappa shape index (κ3) is 1.94. The average Bonchev–Trinajstić information content (AvgIpc) is 1.88. The number of aliphatic carboxylic acids is 1. The highest BCUT2D eigenvalue weighted by atomic mass is 16.5. The minimum absolute atomic E-state index is 0.418. The van der Waals surface area contributed by atoms with Crippen LogP contribution in [0.25, 0.3) is 0 Å². The van der Waals surface area contributed by atoms with Gasteiger partial charge in [-0.25, -0.2) is 4.79 Å². The Bertz CT molecular complexity index is 123. The van der Waals surface area contributed by atoms with Crippen molar-refractivity contribution in [2.24, 2.45) is 0 Å². The number of carboxylic acid groups (broad SMARTS) is 1. The molecular weight excluding hydrogens is 140 g/mol. The molecule has 0 fully saturated rings. The lowest BCUT2D eigenvalue weighted by Crippen LogP contribution is -2.46. The highest BCUT2D eigenvalue weighted by Gasteiger charge is 2.35. The fourth-order valence-electron chi connectivity index (χ4n) is 0.414. The van der Waals surface area contributed by atoms with Crippen molar-refractivity contribution >= 4 is 5.97 Å². The molecule has 0 heterocycles. The first-order valence-electron chi connectivity index (χ1n) is 2.62. The molecule has 5 heteroatoms. The smallest absolute Gasteiger partial charge is 0.340 e. The van der Waals surface area contributed by atoms with E-state index in [4.69, 9.17) is 15.3 Å². The first-order valence-corrected chi connectivity index (χ1v) is 2.62. The highest BCUT2D eigenvalue weighted by molar-refractivity contribution is 5.77. The predicted octanol–water partition coefficient (Wildman–Crippen LogP) is -1.56. The Morgan fingerprint density at radius 3 is 2.30 bits per heavy atom. The van der Waals surface area contributed by atoms with Crippen molar-refractivity contribution in [3.8, 4) is 0 Å². The van der Waals surface area contributed by atoms with Gasteiger partial charge >= 0.3 is 5.97 Å². The fourth-order valence-corrected chi connectivity index (χ4v) is 0.414. The summed E-state index contributed by atoms with van der Waals surface area (Å²) in [6.07, 6.45) is 0. The molecule has 5 nitrogen and oxygen atoms in total. The van der Waals surface area contributed by atoms with Crippen LogP contribution in [-0.2, 0) is 9.53 Å². The van der Waals surface area contributed by atoms with Crippen LogP contribution in [0, 0.1) is 0 Å². The van der Waals surface area contributed by atoms with E-state index in [1.807, 2.05) is 0 Å². The standard InChI is InChI=1S/C5H10O5/c1-10-3-5(9,2-6)4(7)8/h6,9H,2-3H2,1H3,(H,7,8). The van der Waals surface area contributed by atoms with Gasteiger partial charge in [-0.15, -0.1) is 0 Å². The third-order valence-electron chi connectivity index (χ3n) is 1.04. The molecule has 0 aliphatic heterocycles. The van der Waals surface area contributed by atoms with E-state index in [1.165, 1.54) is 7.11 Å². The van der Waals surface area contributed by atoms with Crippen LogP contribution in [0.3, 0.4) is 0 Å².